The molecule has 2 aliphatic heterocycles. The summed E-state index contributed by atoms with van der Waals surface area (Å²) in [6.45, 7) is 6.21. The molecule has 0 radical (unpaired) electrons. The largest absolute Gasteiger partial charge is 0.312 e. The van der Waals surface area contributed by atoms with Crippen molar-refractivity contribution in [3.05, 3.63) is 34.9 Å². The minimum Gasteiger partial charge on any atom is -0.312 e. The van der Waals surface area contributed by atoms with Crippen LogP contribution in [0.5, 0.6) is 0 Å². The van der Waals surface area contributed by atoms with E-state index in [1.165, 1.54) is 17.5 Å². The summed E-state index contributed by atoms with van der Waals surface area (Å²) in [4.78, 5) is 12.7. The quantitative estimate of drug-likeness (QED) is 0.877. The van der Waals surface area contributed by atoms with Crippen LogP contribution in [0.15, 0.2) is 18.2 Å². The van der Waals surface area contributed by atoms with Gasteiger partial charge in [0.25, 0.3) is 5.91 Å². The first kappa shape index (κ1) is 14.5. The number of carbonyl (C=O) groups is 1. The van der Waals surface area contributed by atoms with Crippen molar-refractivity contribution in [1.29, 1.82) is 0 Å². The average molecular weight is 287 g/mol. The molecule has 0 aromatic heterocycles. The lowest BCUT2D eigenvalue weighted by atomic mass is 9.95. The first-order valence-electron chi connectivity index (χ1n) is 8.07. The normalized spacial score (nSPS) is 26.2. The van der Waals surface area contributed by atoms with E-state index in [4.69, 9.17) is 0 Å². The molecule has 4 nitrogen and oxygen atoms in total. The summed E-state index contributed by atoms with van der Waals surface area (Å²) in [6, 6.07) is 6.89. The Morgan fingerprint density at radius 2 is 2.05 bits per heavy atom. The van der Waals surface area contributed by atoms with Gasteiger partial charge in [0.05, 0.1) is 0 Å². The van der Waals surface area contributed by atoms with Crippen LogP contribution in [0.1, 0.15) is 54.6 Å². The fourth-order valence-corrected chi connectivity index (χ4v) is 3.56. The monoisotopic (exact) mass is 287 g/mol. The number of hydrogen-bond acceptors (Lipinski definition) is 3. The molecule has 1 aromatic rings. The Bertz CT molecular complexity index is 519. The van der Waals surface area contributed by atoms with Crippen LogP contribution in [0, 0.1) is 0 Å². The topological polar surface area (TPSA) is 44.4 Å². The highest BCUT2D eigenvalue weighted by Crippen LogP contribution is 2.22. The first-order valence-corrected chi connectivity index (χ1v) is 8.07. The Hall–Kier alpha value is -1.39. The van der Waals surface area contributed by atoms with Crippen molar-refractivity contribution in [1.82, 2.24) is 15.8 Å². The second-order valence-electron chi connectivity index (χ2n) is 6.35. The molecule has 1 aromatic carbocycles. The maximum atomic E-state index is 12.7. The van der Waals surface area contributed by atoms with E-state index in [9.17, 15) is 4.79 Å². The first-order chi connectivity index (χ1) is 10.2. The highest BCUT2D eigenvalue weighted by molar-refractivity contribution is 5.95. The summed E-state index contributed by atoms with van der Waals surface area (Å²) in [5, 5.41) is 5.51. The molecule has 2 aliphatic rings. The number of hydrogen-bond donors (Lipinski definition) is 2. The Morgan fingerprint density at radius 3 is 2.81 bits per heavy atom. The molecule has 1 amide bonds. The van der Waals surface area contributed by atoms with Crippen LogP contribution in [-0.2, 0) is 13.0 Å². The number of carbonyl (C=O) groups excluding carboxylic acids is 1. The second kappa shape index (κ2) is 6.16. The smallest absolute Gasteiger partial charge is 0.265 e. The van der Waals surface area contributed by atoms with E-state index in [1.54, 1.807) is 0 Å². The Balaban J connectivity index is 1.79. The molecule has 1 saturated heterocycles. The van der Waals surface area contributed by atoms with E-state index in [-0.39, 0.29) is 5.91 Å². The van der Waals surface area contributed by atoms with E-state index >= 15 is 0 Å². The van der Waals surface area contributed by atoms with Crippen molar-refractivity contribution in [3.63, 3.8) is 0 Å². The Labute approximate surface area is 126 Å². The molecule has 0 spiro atoms. The van der Waals surface area contributed by atoms with E-state index < -0.39 is 0 Å². The Kier molecular flexibility index (Phi) is 4.27. The summed E-state index contributed by atoms with van der Waals surface area (Å²) < 4.78 is 0. The van der Waals surface area contributed by atoms with Gasteiger partial charge in [-0.25, -0.2) is 5.01 Å². The molecule has 21 heavy (non-hydrogen) atoms. The van der Waals surface area contributed by atoms with Gasteiger partial charge in [-0.05, 0) is 56.8 Å². The minimum absolute atomic E-state index is 0.0503. The zero-order valence-corrected chi connectivity index (χ0v) is 13.0. The van der Waals surface area contributed by atoms with Gasteiger partial charge in [0.15, 0.2) is 0 Å². The zero-order valence-electron chi connectivity index (χ0n) is 13.0. The molecule has 4 heteroatoms. The van der Waals surface area contributed by atoms with Gasteiger partial charge >= 0.3 is 0 Å². The van der Waals surface area contributed by atoms with Gasteiger partial charge in [-0.2, -0.15) is 0 Å². The molecule has 2 heterocycles. The molecule has 3 rings (SSSR count). The fourth-order valence-electron chi connectivity index (χ4n) is 3.56. The molecule has 2 atom stereocenters. The molecule has 0 aliphatic carbocycles. The van der Waals surface area contributed by atoms with E-state index in [1.807, 2.05) is 12.1 Å². The molecule has 1 fully saturated rings. The highest BCUT2D eigenvalue weighted by Gasteiger charge is 2.27. The van der Waals surface area contributed by atoms with Gasteiger partial charge in [-0.3, -0.25) is 10.2 Å². The fraction of sp³-hybridized carbons (Fsp3) is 0.588. The number of piperidine rings is 1. The van der Waals surface area contributed by atoms with Crippen LogP contribution < -0.4 is 10.7 Å². The summed E-state index contributed by atoms with van der Waals surface area (Å²) in [5.74, 6) is 0.0503. The van der Waals surface area contributed by atoms with Crippen LogP contribution in [0.25, 0.3) is 0 Å². The van der Waals surface area contributed by atoms with Gasteiger partial charge in [-0.1, -0.05) is 18.6 Å². The maximum absolute atomic E-state index is 12.7. The predicted molar refractivity (Wildman–Crippen MR) is 83.9 cm³/mol. The molecule has 114 valence electrons. The third kappa shape index (κ3) is 2.97. The van der Waals surface area contributed by atoms with E-state index in [0.717, 1.165) is 37.9 Å². The molecule has 2 unspecified atom stereocenters. The summed E-state index contributed by atoms with van der Waals surface area (Å²) >= 11 is 0. The van der Waals surface area contributed by atoms with Gasteiger partial charge in [0.1, 0.15) is 0 Å². The van der Waals surface area contributed by atoms with Crippen molar-refractivity contribution in [2.45, 2.75) is 58.2 Å². The van der Waals surface area contributed by atoms with Crippen molar-refractivity contribution in [3.8, 4) is 0 Å². The average Bonchev–Trinajstić information content (AvgIpc) is 2.50. The summed E-state index contributed by atoms with van der Waals surface area (Å²) in [5.41, 5.74) is 6.48. The molecule has 2 N–H and O–H groups in total. The SMILES string of the molecule is CC1CCCC(C)N1NC(=O)c1cccc2c1CCNC2. The standard InChI is InChI=1S/C17H25N3O/c1-12-5-3-6-13(2)20(12)19-17(21)16-8-4-7-14-11-18-10-9-15(14)16/h4,7-8,12-13,18H,3,5-6,9-11H2,1-2H3,(H,19,21). The number of benzene rings is 1. The van der Waals surface area contributed by atoms with Crippen LogP contribution >= 0.6 is 0 Å². The molecule has 0 bridgehead atoms. The van der Waals surface area contributed by atoms with Crippen LogP contribution in [-0.4, -0.2) is 29.5 Å². The predicted octanol–water partition coefficient (Wildman–Crippen LogP) is 2.24. The number of nitrogens with zero attached hydrogens (tertiary/aromatic N) is 1. The van der Waals surface area contributed by atoms with Gasteiger partial charge in [0.2, 0.25) is 0 Å². The van der Waals surface area contributed by atoms with Gasteiger partial charge in [-0.15, -0.1) is 0 Å². The van der Waals surface area contributed by atoms with Crippen molar-refractivity contribution in [2.24, 2.45) is 0 Å². The van der Waals surface area contributed by atoms with Crippen LogP contribution in [0.4, 0.5) is 0 Å². The lowest BCUT2D eigenvalue weighted by Gasteiger charge is -2.39. The van der Waals surface area contributed by atoms with Crippen molar-refractivity contribution < 1.29 is 4.79 Å². The lowest BCUT2D eigenvalue weighted by Crippen LogP contribution is -2.54. The number of fused-ring (bicyclic) bond motifs is 1. The molecular formula is C17H25N3O. The number of amides is 1. The van der Waals surface area contributed by atoms with E-state index in [0.29, 0.717) is 12.1 Å². The summed E-state index contributed by atoms with van der Waals surface area (Å²) in [7, 11) is 0. The third-order valence-electron chi connectivity index (χ3n) is 4.81. The Morgan fingerprint density at radius 1 is 1.29 bits per heavy atom. The number of rotatable bonds is 2. The summed E-state index contributed by atoms with van der Waals surface area (Å²) in [6.07, 6.45) is 4.49. The number of hydrazine groups is 1. The van der Waals surface area contributed by atoms with Crippen molar-refractivity contribution in [2.75, 3.05) is 6.54 Å². The highest BCUT2D eigenvalue weighted by atomic mass is 16.2. The van der Waals surface area contributed by atoms with Gasteiger partial charge < -0.3 is 5.32 Å². The lowest BCUT2D eigenvalue weighted by molar-refractivity contribution is 0.0369. The van der Waals surface area contributed by atoms with Crippen LogP contribution in [0.2, 0.25) is 0 Å². The third-order valence-corrected chi connectivity index (χ3v) is 4.81. The minimum atomic E-state index is 0.0503. The number of nitrogens with one attached hydrogen (secondary N) is 2. The molecular weight excluding hydrogens is 262 g/mol. The second-order valence-corrected chi connectivity index (χ2v) is 6.35. The van der Waals surface area contributed by atoms with Gasteiger partial charge in [0, 0.05) is 24.2 Å². The van der Waals surface area contributed by atoms with Crippen LogP contribution in [0.3, 0.4) is 0 Å². The zero-order chi connectivity index (χ0) is 14.8. The van der Waals surface area contributed by atoms with E-state index in [2.05, 4.69) is 35.7 Å². The molecule has 0 saturated carbocycles. The van der Waals surface area contributed by atoms with Crippen molar-refractivity contribution >= 4 is 5.91 Å². The maximum Gasteiger partial charge on any atom is 0.265 e.